The van der Waals surface area contributed by atoms with Crippen molar-refractivity contribution in [3.8, 4) is 17.2 Å². The lowest BCUT2D eigenvalue weighted by Crippen LogP contribution is -2.29. The Hall–Kier alpha value is -4.44. The number of aromatic nitrogens is 1. The van der Waals surface area contributed by atoms with Crippen LogP contribution in [-0.4, -0.2) is 43.1 Å². The van der Waals surface area contributed by atoms with E-state index in [0.717, 1.165) is 11.3 Å². The predicted octanol–water partition coefficient (Wildman–Crippen LogP) is 5.09. The summed E-state index contributed by atoms with van der Waals surface area (Å²) < 4.78 is 30.5. The van der Waals surface area contributed by atoms with Gasteiger partial charge in [0.05, 0.1) is 37.1 Å². The van der Waals surface area contributed by atoms with Crippen LogP contribution >= 0.6 is 11.3 Å². The molecule has 0 aliphatic carbocycles. The lowest BCUT2D eigenvalue weighted by atomic mass is 9.94. The molecule has 10 heteroatoms. The molecule has 2 heterocycles. The zero-order valence-electron chi connectivity index (χ0n) is 20.0. The van der Waals surface area contributed by atoms with Crippen LogP contribution in [0.2, 0.25) is 0 Å². The molecule has 0 spiro atoms. The summed E-state index contributed by atoms with van der Waals surface area (Å²) in [6, 6.07) is 14.4. The highest BCUT2D eigenvalue weighted by atomic mass is 32.1. The number of hydrogen-bond donors (Lipinski definition) is 1. The van der Waals surface area contributed by atoms with Crippen molar-refractivity contribution in [3.05, 3.63) is 83.2 Å². The summed E-state index contributed by atoms with van der Waals surface area (Å²) in [4.78, 5) is 32.6. The molecule has 5 rings (SSSR count). The molecule has 37 heavy (non-hydrogen) atoms. The van der Waals surface area contributed by atoms with Gasteiger partial charge < -0.3 is 19.3 Å². The zero-order chi connectivity index (χ0) is 26.3. The van der Waals surface area contributed by atoms with Gasteiger partial charge in [-0.15, -0.1) is 0 Å². The van der Waals surface area contributed by atoms with Crippen molar-refractivity contribution >= 4 is 44.1 Å². The van der Waals surface area contributed by atoms with Crippen LogP contribution in [0.15, 0.2) is 66.2 Å². The monoisotopic (exact) mass is 520 g/mol. The van der Waals surface area contributed by atoms with Crippen molar-refractivity contribution in [2.75, 3.05) is 26.2 Å². The van der Waals surface area contributed by atoms with Gasteiger partial charge in [-0.1, -0.05) is 11.3 Å². The lowest BCUT2D eigenvalue weighted by molar-refractivity contribution is -0.132. The van der Waals surface area contributed by atoms with E-state index < -0.39 is 23.5 Å². The molecule has 1 amide bonds. The first-order chi connectivity index (χ1) is 17.9. The first-order valence-corrected chi connectivity index (χ1v) is 11.9. The van der Waals surface area contributed by atoms with Gasteiger partial charge in [-0.2, -0.15) is 0 Å². The number of fused-ring (bicyclic) bond motifs is 1. The Balaban J connectivity index is 1.77. The minimum atomic E-state index is -1.10. The number of ether oxygens (including phenoxy) is 3. The van der Waals surface area contributed by atoms with E-state index in [2.05, 4.69) is 4.98 Å². The molecule has 0 radical (unpaired) electrons. The average molecular weight is 521 g/mol. The van der Waals surface area contributed by atoms with Crippen molar-refractivity contribution in [3.63, 3.8) is 0 Å². The molecule has 1 atom stereocenters. The van der Waals surface area contributed by atoms with Crippen molar-refractivity contribution in [2.45, 2.75) is 6.04 Å². The quantitative estimate of drug-likeness (QED) is 0.215. The van der Waals surface area contributed by atoms with Gasteiger partial charge >= 0.3 is 5.91 Å². The minimum Gasteiger partial charge on any atom is -0.507 e. The van der Waals surface area contributed by atoms with Crippen molar-refractivity contribution in [1.82, 2.24) is 4.98 Å². The number of halogens is 1. The number of thiazole rings is 1. The third-order valence-corrected chi connectivity index (χ3v) is 7.10. The van der Waals surface area contributed by atoms with Gasteiger partial charge in [0.15, 0.2) is 5.13 Å². The number of benzene rings is 3. The number of amides is 1. The highest BCUT2D eigenvalue weighted by molar-refractivity contribution is 7.22. The Morgan fingerprint density at radius 2 is 1.65 bits per heavy atom. The summed E-state index contributed by atoms with van der Waals surface area (Å²) >= 11 is 1.06. The fourth-order valence-corrected chi connectivity index (χ4v) is 5.29. The molecule has 1 aromatic heterocycles. The van der Waals surface area contributed by atoms with E-state index in [0.29, 0.717) is 38.6 Å². The van der Waals surface area contributed by atoms with Gasteiger partial charge in [-0.25, -0.2) is 9.37 Å². The number of aliphatic hydroxyl groups excluding tert-OH is 1. The molecule has 4 aromatic rings. The topological polar surface area (TPSA) is 98.2 Å². The maximum atomic E-state index is 13.9. The Kier molecular flexibility index (Phi) is 6.26. The van der Waals surface area contributed by atoms with E-state index >= 15 is 0 Å². The number of anilines is 1. The molecule has 1 aliphatic heterocycles. The third-order valence-electron chi connectivity index (χ3n) is 6.08. The predicted molar refractivity (Wildman–Crippen MR) is 137 cm³/mol. The van der Waals surface area contributed by atoms with E-state index in [1.54, 1.807) is 42.5 Å². The number of ketones is 1. The van der Waals surface area contributed by atoms with Gasteiger partial charge in [-0.3, -0.25) is 14.5 Å². The molecule has 188 valence electrons. The second-order valence-electron chi connectivity index (χ2n) is 8.11. The summed E-state index contributed by atoms with van der Waals surface area (Å²) in [7, 11) is 4.46. The summed E-state index contributed by atoms with van der Waals surface area (Å²) in [6.07, 6.45) is 0. The minimum absolute atomic E-state index is 0.146. The number of nitrogens with zero attached hydrogens (tertiary/aromatic N) is 2. The molecular weight excluding hydrogens is 499 g/mol. The summed E-state index contributed by atoms with van der Waals surface area (Å²) in [5.74, 6) is -1.22. The van der Waals surface area contributed by atoms with E-state index in [1.807, 2.05) is 0 Å². The van der Waals surface area contributed by atoms with Crippen molar-refractivity contribution in [1.29, 1.82) is 0 Å². The van der Waals surface area contributed by atoms with E-state index in [1.165, 1.54) is 44.4 Å². The smallest absolute Gasteiger partial charge is 0.301 e. The standard InChI is InChI=1S/C27H21FN2O6S/c1-34-16-7-4-14(5-8-16)24(31)22-23(18-13-17(35-2)9-11-20(18)36-3)30(26(33)25(22)32)27-29-19-10-6-15(28)12-21(19)37-27/h4-13,23,31H,1-3H3/b24-22+/t23-/m0/s1. The number of rotatable bonds is 6. The normalized spacial score (nSPS) is 16.9. The first-order valence-electron chi connectivity index (χ1n) is 11.1. The van der Waals surface area contributed by atoms with Gasteiger partial charge in [0.25, 0.3) is 5.78 Å². The molecule has 3 aromatic carbocycles. The van der Waals surface area contributed by atoms with Gasteiger partial charge in [-0.05, 0) is 60.7 Å². The fourth-order valence-electron chi connectivity index (χ4n) is 4.27. The van der Waals surface area contributed by atoms with E-state index in [9.17, 15) is 19.1 Å². The summed E-state index contributed by atoms with van der Waals surface area (Å²) in [5.41, 5.74) is 1.04. The van der Waals surface area contributed by atoms with E-state index in [-0.39, 0.29) is 16.5 Å². The van der Waals surface area contributed by atoms with Gasteiger partial charge in [0.1, 0.15) is 34.9 Å². The highest BCUT2D eigenvalue weighted by Gasteiger charge is 2.49. The summed E-state index contributed by atoms with van der Waals surface area (Å²) in [6.45, 7) is 0. The molecule has 8 nitrogen and oxygen atoms in total. The number of hydrogen-bond acceptors (Lipinski definition) is 8. The molecular formula is C27H21FN2O6S. The maximum Gasteiger partial charge on any atom is 0.301 e. The van der Waals surface area contributed by atoms with Crippen LogP contribution in [0.1, 0.15) is 17.2 Å². The van der Waals surface area contributed by atoms with Crippen molar-refractivity contribution in [2.24, 2.45) is 0 Å². The second-order valence-corrected chi connectivity index (χ2v) is 9.12. The van der Waals surface area contributed by atoms with Crippen LogP contribution in [-0.2, 0) is 9.59 Å². The average Bonchev–Trinajstić information content (AvgIpc) is 3.45. The molecule has 0 bridgehead atoms. The Morgan fingerprint density at radius 3 is 2.32 bits per heavy atom. The second kappa shape index (κ2) is 9.55. The Morgan fingerprint density at radius 1 is 0.946 bits per heavy atom. The van der Waals surface area contributed by atoms with Gasteiger partial charge in [0.2, 0.25) is 0 Å². The number of carbonyl (C=O) groups is 2. The number of carbonyl (C=O) groups excluding carboxylic acids is 2. The Labute approximate surface area is 215 Å². The fraction of sp³-hybridized carbons (Fsp3) is 0.148. The van der Waals surface area contributed by atoms with E-state index in [4.69, 9.17) is 14.2 Å². The van der Waals surface area contributed by atoms with Crippen LogP contribution in [0.3, 0.4) is 0 Å². The largest absolute Gasteiger partial charge is 0.507 e. The van der Waals surface area contributed by atoms with Crippen LogP contribution < -0.4 is 19.1 Å². The highest BCUT2D eigenvalue weighted by Crippen LogP contribution is 2.47. The number of Topliss-reactive ketones (excluding diaryl/α,β-unsaturated/α-hetero) is 1. The van der Waals surface area contributed by atoms with Crippen LogP contribution in [0.4, 0.5) is 9.52 Å². The molecule has 1 N–H and O–H groups in total. The first kappa shape index (κ1) is 24.3. The lowest BCUT2D eigenvalue weighted by Gasteiger charge is -2.25. The van der Waals surface area contributed by atoms with Crippen LogP contribution in [0.25, 0.3) is 16.0 Å². The summed E-state index contributed by atoms with van der Waals surface area (Å²) in [5, 5.41) is 11.5. The third kappa shape index (κ3) is 4.15. The molecule has 1 saturated heterocycles. The van der Waals surface area contributed by atoms with Crippen molar-refractivity contribution < 1.29 is 33.3 Å². The van der Waals surface area contributed by atoms with Gasteiger partial charge in [0, 0.05) is 11.1 Å². The van der Waals surface area contributed by atoms with Crippen LogP contribution in [0.5, 0.6) is 17.2 Å². The number of aliphatic hydroxyl groups is 1. The maximum absolute atomic E-state index is 13.9. The van der Waals surface area contributed by atoms with Crippen LogP contribution in [0, 0.1) is 5.82 Å². The number of methoxy groups -OCH3 is 3. The molecule has 1 aliphatic rings. The Bertz CT molecular complexity index is 1560. The molecule has 0 saturated carbocycles. The zero-order valence-corrected chi connectivity index (χ0v) is 20.8. The SMILES string of the molecule is COc1ccc(/C(O)=C2\C(=O)C(=O)N(c3nc4ccc(F)cc4s3)[C@H]2c2cc(OC)ccc2OC)cc1. The molecule has 1 fully saturated rings. The molecule has 0 unspecified atom stereocenters.